The molecule has 23 heavy (non-hydrogen) atoms. The van der Waals surface area contributed by atoms with Gasteiger partial charge < -0.3 is 14.2 Å². The van der Waals surface area contributed by atoms with Crippen molar-refractivity contribution in [1.29, 1.82) is 0 Å². The number of β-lactam (4-membered cyclic amide) rings is 1. The van der Waals surface area contributed by atoms with Crippen LogP contribution in [0.15, 0.2) is 35.4 Å². The van der Waals surface area contributed by atoms with Crippen molar-refractivity contribution in [2.24, 2.45) is 0 Å². The maximum absolute atomic E-state index is 12.0. The molecule has 1 amide bonds. The van der Waals surface area contributed by atoms with Crippen molar-refractivity contribution in [3.8, 4) is 0 Å². The van der Waals surface area contributed by atoms with Crippen LogP contribution in [0, 0.1) is 0 Å². The van der Waals surface area contributed by atoms with E-state index in [1.54, 1.807) is 36.8 Å². The van der Waals surface area contributed by atoms with Gasteiger partial charge in [-0.25, -0.2) is 0 Å². The topological polar surface area (TPSA) is 65.1 Å². The first-order valence-electron chi connectivity index (χ1n) is 7.19. The van der Waals surface area contributed by atoms with Crippen molar-refractivity contribution in [3.05, 3.63) is 35.4 Å². The van der Waals surface area contributed by atoms with Crippen LogP contribution in [0.25, 0.3) is 0 Å². The van der Waals surface area contributed by atoms with Crippen LogP contribution in [0.2, 0.25) is 0 Å². The molecular weight excluding hydrogens is 318 g/mol. The minimum Gasteiger partial charge on any atom is -0.490 e. The number of ether oxygens (including phenoxy) is 3. The molecule has 126 valence electrons. The van der Waals surface area contributed by atoms with Crippen molar-refractivity contribution in [2.45, 2.75) is 32.2 Å². The van der Waals surface area contributed by atoms with Gasteiger partial charge in [-0.3, -0.25) is 14.5 Å². The SMILES string of the molecule is C=C(C=C(C)OC(C)=O)OCC1=C(C)N2C(=O)C(OC)C2SC1. The molecule has 1 saturated heterocycles. The van der Waals surface area contributed by atoms with E-state index in [0.29, 0.717) is 18.1 Å². The highest BCUT2D eigenvalue weighted by Crippen LogP contribution is 2.41. The molecule has 0 N–H and O–H groups in total. The van der Waals surface area contributed by atoms with Crippen LogP contribution in [0.1, 0.15) is 20.8 Å². The van der Waals surface area contributed by atoms with Crippen LogP contribution in [0.3, 0.4) is 0 Å². The summed E-state index contributed by atoms with van der Waals surface area (Å²) >= 11 is 1.66. The van der Waals surface area contributed by atoms with E-state index < -0.39 is 0 Å². The normalized spacial score (nSPS) is 24.1. The number of carbonyl (C=O) groups excluding carboxylic acids is 2. The highest BCUT2D eigenvalue weighted by molar-refractivity contribution is 8.00. The van der Waals surface area contributed by atoms with Crippen molar-refractivity contribution >= 4 is 23.6 Å². The molecule has 2 heterocycles. The Bertz CT molecular complexity index is 595. The standard InChI is InChI=1S/C16H21NO5S/c1-9(6-10(2)22-12(4)18)21-7-13-8-23-16-14(20-5)15(19)17(16)11(13)3/h6,14,16H,1,7-8H2,2-5H3. The summed E-state index contributed by atoms with van der Waals surface area (Å²) in [5, 5.41) is 0.0607. The molecule has 0 aromatic carbocycles. The zero-order chi connectivity index (χ0) is 17.1. The van der Waals surface area contributed by atoms with Crippen molar-refractivity contribution in [3.63, 3.8) is 0 Å². The molecule has 2 rings (SSSR count). The minimum absolute atomic E-state index is 0.0101. The molecule has 7 heteroatoms. The van der Waals surface area contributed by atoms with Gasteiger partial charge in [0.25, 0.3) is 5.91 Å². The van der Waals surface area contributed by atoms with Crippen LogP contribution < -0.4 is 0 Å². The Hall–Kier alpha value is -1.73. The lowest BCUT2D eigenvalue weighted by atomic mass is 10.1. The van der Waals surface area contributed by atoms with Gasteiger partial charge in [-0.1, -0.05) is 6.58 Å². The van der Waals surface area contributed by atoms with Gasteiger partial charge in [0.15, 0.2) is 6.10 Å². The van der Waals surface area contributed by atoms with Gasteiger partial charge in [0.2, 0.25) is 0 Å². The molecule has 1 fully saturated rings. The molecule has 0 spiro atoms. The number of rotatable bonds is 6. The number of nitrogens with zero attached hydrogens (tertiary/aromatic N) is 1. The number of methoxy groups -OCH3 is 1. The molecule has 0 bridgehead atoms. The second-order valence-corrected chi connectivity index (χ2v) is 6.46. The monoisotopic (exact) mass is 339 g/mol. The molecule has 2 unspecified atom stereocenters. The summed E-state index contributed by atoms with van der Waals surface area (Å²) in [6, 6.07) is 0. The highest BCUT2D eigenvalue weighted by atomic mass is 32.2. The largest absolute Gasteiger partial charge is 0.490 e. The number of hydrogen-bond acceptors (Lipinski definition) is 6. The van der Waals surface area contributed by atoms with Crippen LogP contribution >= 0.6 is 11.8 Å². The summed E-state index contributed by atoms with van der Waals surface area (Å²) in [5.41, 5.74) is 1.95. The number of hydrogen-bond donors (Lipinski definition) is 0. The fraction of sp³-hybridized carbons (Fsp3) is 0.500. The fourth-order valence-corrected chi connectivity index (χ4v) is 3.96. The molecule has 0 aromatic rings. The predicted octanol–water partition coefficient (Wildman–Crippen LogP) is 2.19. The Labute approximate surface area is 140 Å². The number of allylic oxidation sites excluding steroid dienone is 3. The van der Waals surface area contributed by atoms with Gasteiger partial charge in [0, 0.05) is 31.6 Å². The zero-order valence-corrected chi connectivity index (χ0v) is 14.6. The first kappa shape index (κ1) is 17.6. The molecule has 6 nitrogen and oxygen atoms in total. The lowest BCUT2D eigenvalue weighted by Gasteiger charge is -2.49. The van der Waals surface area contributed by atoms with E-state index in [1.165, 1.54) is 6.92 Å². The fourth-order valence-electron chi connectivity index (χ4n) is 2.48. The third-order valence-electron chi connectivity index (χ3n) is 3.65. The first-order chi connectivity index (χ1) is 10.8. The number of fused-ring (bicyclic) bond motifs is 1. The van der Waals surface area contributed by atoms with Crippen molar-refractivity contribution < 1.29 is 23.8 Å². The molecule has 2 atom stereocenters. The number of carbonyl (C=O) groups is 2. The Morgan fingerprint density at radius 1 is 1.48 bits per heavy atom. The van der Waals surface area contributed by atoms with Crippen LogP contribution in [-0.4, -0.2) is 47.7 Å². The number of amides is 1. The lowest BCUT2D eigenvalue weighted by Crippen LogP contribution is -2.64. The Morgan fingerprint density at radius 2 is 2.17 bits per heavy atom. The Balaban J connectivity index is 1.94. The van der Waals surface area contributed by atoms with Crippen LogP contribution in [0.5, 0.6) is 0 Å². The molecular formula is C16H21NO5S. The Kier molecular flexibility index (Phi) is 5.54. The summed E-state index contributed by atoms with van der Waals surface area (Å²) in [6.45, 7) is 9.03. The van der Waals surface area contributed by atoms with Crippen molar-refractivity contribution in [1.82, 2.24) is 4.90 Å². The van der Waals surface area contributed by atoms with E-state index in [0.717, 1.165) is 17.0 Å². The van der Waals surface area contributed by atoms with E-state index in [2.05, 4.69) is 6.58 Å². The molecule has 0 aromatic heterocycles. The highest BCUT2D eigenvalue weighted by Gasteiger charge is 2.51. The van der Waals surface area contributed by atoms with E-state index in [-0.39, 0.29) is 23.4 Å². The van der Waals surface area contributed by atoms with Gasteiger partial charge >= 0.3 is 5.97 Å². The maximum Gasteiger partial charge on any atom is 0.307 e. The first-order valence-corrected chi connectivity index (χ1v) is 8.24. The third-order valence-corrected chi connectivity index (χ3v) is 4.97. The van der Waals surface area contributed by atoms with E-state index >= 15 is 0 Å². The van der Waals surface area contributed by atoms with E-state index in [1.807, 2.05) is 6.92 Å². The van der Waals surface area contributed by atoms with Gasteiger partial charge in [-0.15, -0.1) is 11.8 Å². The van der Waals surface area contributed by atoms with Crippen LogP contribution in [-0.2, 0) is 23.8 Å². The predicted molar refractivity (Wildman–Crippen MR) is 87.2 cm³/mol. The van der Waals surface area contributed by atoms with Crippen molar-refractivity contribution in [2.75, 3.05) is 19.5 Å². The average Bonchev–Trinajstić information content (AvgIpc) is 2.44. The van der Waals surface area contributed by atoms with E-state index in [4.69, 9.17) is 14.2 Å². The summed E-state index contributed by atoms with van der Waals surface area (Å²) in [5.74, 6) is 1.21. The van der Waals surface area contributed by atoms with Gasteiger partial charge in [0.1, 0.15) is 23.5 Å². The smallest absolute Gasteiger partial charge is 0.307 e. The summed E-state index contributed by atoms with van der Waals surface area (Å²) in [4.78, 5) is 24.6. The number of esters is 1. The molecule has 2 aliphatic rings. The molecule has 0 aliphatic carbocycles. The minimum atomic E-state index is -0.385. The second kappa shape index (κ2) is 7.23. The maximum atomic E-state index is 12.0. The zero-order valence-electron chi connectivity index (χ0n) is 13.8. The molecule has 0 saturated carbocycles. The lowest BCUT2D eigenvalue weighted by molar-refractivity contribution is -0.158. The third kappa shape index (κ3) is 3.79. The van der Waals surface area contributed by atoms with Crippen LogP contribution in [0.4, 0.5) is 0 Å². The summed E-state index contributed by atoms with van der Waals surface area (Å²) in [7, 11) is 1.56. The number of thioether (sulfide) groups is 1. The Morgan fingerprint density at radius 3 is 2.78 bits per heavy atom. The molecule has 2 aliphatic heterocycles. The average molecular weight is 339 g/mol. The quantitative estimate of drug-likeness (QED) is 0.320. The van der Waals surface area contributed by atoms with Gasteiger partial charge in [0.05, 0.1) is 0 Å². The molecule has 0 radical (unpaired) electrons. The summed E-state index contributed by atoms with van der Waals surface area (Å²) in [6.07, 6.45) is 1.22. The van der Waals surface area contributed by atoms with Gasteiger partial charge in [-0.05, 0) is 19.4 Å². The summed E-state index contributed by atoms with van der Waals surface area (Å²) < 4.78 is 15.7. The second-order valence-electron chi connectivity index (χ2n) is 5.36. The van der Waals surface area contributed by atoms with Gasteiger partial charge in [-0.2, -0.15) is 0 Å². The van der Waals surface area contributed by atoms with E-state index in [9.17, 15) is 9.59 Å².